The van der Waals surface area contributed by atoms with Crippen molar-refractivity contribution in [2.75, 3.05) is 24.3 Å². The Bertz CT molecular complexity index is 1180. The number of hydrogen-bond donors (Lipinski definition) is 3. The van der Waals surface area contributed by atoms with E-state index in [0.717, 1.165) is 22.8 Å². The zero-order chi connectivity index (χ0) is 25.2. The van der Waals surface area contributed by atoms with E-state index in [1.807, 2.05) is 61.5 Å². The number of nitrogens with zero attached hydrogens (tertiary/aromatic N) is 3. The van der Waals surface area contributed by atoms with Crippen molar-refractivity contribution in [2.24, 2.45) is 5.92 Å². The zero-order valence-corrected chi connectivity index (χ0v) is 21.0. The molecule has 2 aromatic heterocycles. The lowest BCUT2D eigenvalue weighted by Gasteiger charge is -2.23. The van der Waals surface area contributed by atoms with Gasteiger partial charge in [0.05, 0.1) is 0 Å². The predicted molar refractivity (Wildman–Crippen MR) is 137 cm³/mol. The Kier molecular flexibility index (Phi) is 7.19. The molecule has 1 amide bonds. The van der Waals surface area contributed by atoms with Crippen LogP contribution in [-0.2, 0) is 4.79 Å². The molecule has 3 aromatic rings. The number of imidazole rings is 1. The number of nitrogens with one attached hydrogen (secondary N) is 2. The maximum absolute atomic E-state index is 12.9. The lowest BCUT2D eigenvalue weighted by molar-refractivity contribution is -0.140. The smallest absolute Gasteiger partial charge is 0.326 e. The van der Waals surface area contributed by atoms with E-state index in [9.17, 15) is 14.7 Å². The van der Waals surface area contributed by atoms with Crippen LogP contribution in [0.15, 0.2) is 42.6 Å². The number of aliphatic carboxylic acids is 1. The summed E-state index contributed by atoms with van der Waals surface area (Å²) < 4.78 is 1.92. The molecule has 2 heterocycles. The number of anilines is 2. The third-order valence-corrected chi connectivity index (χ3v) is 5.80. The molecule has 182 valence electrons. The molecule has 2 unspecified atom stereocenters. The van der Waals surface area contributed by atoms with Crippen LogP contribution in [0.5, 0.6) is 0 Å². The van der Waals surface area contributed by atoms with Gasteiger partial charge >= 0.3 is 5.97 Å². The molecule has 34 heavy (non-hydrogen) atoms. The second kappa shape index (κ2) is 9.75. The van der Waals surface area contributed by atoms with E-state index in [1.165, 1.54) is 0 Å². The third kappa shape index (κ3) is 5.50. The number of aromatic nitrogens is 2. The molecule has 2 atom stereocenters. The first-order valence-corrected chi connectivity index (χ1v) is 11.5. The van der Waals surface area contributed by atoms with Crippen molar-refractivity contribution in [1.82, 2.24) is 14.7 Å². The number of pyridine rings is 1. The quantitative estimate of drug-likeness (QED) is 0.453. The van der Waals surface area contributed by atoms with Crippen molar-refractivity contribution in [3.8, 4) is 11.3 Å². The van der Waals surface area contributed by atoms with Crippen LogP contribution in [0.25, 0.3) is 16.9 Å². The van der Waals surface area contributed by atoms with Gasteiger partial charge in [0.15, 0.2) is 0 Å². The minimum atomic E-state index is -1.04. The summed E-state index contributed by atoms with van der Waals surface area (Å²) in [6, 6.07) is 10.6. The first kappa shape index (κ1) is 25.1. The predicted octanol–water partition coefficient (Wildman–Crippen LogP) is 4.51. The molecular weight excluding hydrogens is 430 g/mol. The van der Waals surface area contributed by atoms with Crippen LogP contribution >= 0.6 is 0 Å². The SMILES string of the molecule is CCC(C)C(NC(=O)c1ccn2c(NC(C)(C)C)c(-c3ccc(N(C)C)cc3)nc2c1)C(=O)O. The fourth-order valence-corrected chi connectivity index (χ4v) is 3.69. The zero-order valence-electron chi connectivity index (χ0n) is 21.0. The van der Waals surface area contributed by atoms with Gasteiger partial charge in [-0.05, 0) is 51.0 Å². The standard InChI is InChI=1S/C26H35N5O3/c1-8-16(2)21(25(33)34)28-24(32)18-13-14-31-20(15-18)27-22(23(31)29-26(3,4)5)17-9-11-19(12-10-17)30(6)7/h9-16,21,29H,8H2,1-7H3,(H,28,32)(H,33,34). The number of hydrogen-bond acceptors (Lipinski definition) is 5. The van der Waals surface area contributed by atoms with Crippen LogP contribution in [0.1, 0.15) is 51.4 Å². The van der Waals surface area contributed by atoms with Crippen molar-refractivity contribution in [1.29, 1.82) is 0 Å². The van der Waals surface area contributed by atoms with E-state index in [0.29, 0.717) is 17.6 Å². The Labute approximate surface area is 201 Å². The van der Waals surface area contributed by atoms with Crippen LogP contribution in [0, 0.1) is 5.92 Å². The molecule has 0 saturated heterocycles. The Morgan fingerprint density at radius 3 is 2.32 bits per heavy atom. The van der Waals surface area contributed by atoms with E-state index in [1.54, 1.807) is 18.3 Å². The van der Waals surface area contributed by atoms with E-state index in [-0.39, 0.29) is 11.5 Å². The highest BCUT2D eigenvalue weighted by atomic mass is 16.4. The minimum absolute atomic E-state index is 0.184. The lowest BCUT2D eigenvalue weighted by Crippen LogP contribution is -2.45. The summed E-state index contributed by atoms with van der Waals surface area (Å²) in [6.07, 6.45) is 2.44. The molecule has 8 heteroatoms. The van der Waals surface area contributed by atoms with Gasteiger partial charge in [0.1, 0.15) is 23.2 Å². The number of carboxylic acid groups (broad SMARTS) is 1. The summed E-state index contributed by atoms with van der Waals surface area (Å²) in [6.45, 7) is 9.95. The summed E-state index contributed by atoms with van der Waals surface area (Å²) in [7, 11) is 3.99. The molecule has 0 saturated carbocycles. The fourth-order valence-electron chi connectivity index (χ4n) is 3.69. The Hall–Kier alpha value is -3.55. The van der Waals surface area contributed by atoms with Crippen molar-refractivity contribution in [3.05, 3.63) is 48.2 Å². The van der Waals surface area contributed by atoms with Crippen molar-refractivity contribution >= 4 is 29.0 Å². The molecule has 0 bridgehead atoms. The van der Waals surface area contributed by atoms with Gasteiger partial charge in [0.25, 0.3) is 5.91 Å². The summed E-state index contributed by atoms with van der Waals surface area (Å²) in [4.78, 5) is 31.4. The third-order valence-electron chi connectivity index (χ3n) is 5.80. The van der Waals surface area contributed by atoms with E-state index >= 15 is 0 Å². The van der Waals surface area contributed by atoms with Crippen LogP contribution in [0.2, 0.25) is 0 Å². The summed E-state index contributed by atoms with van der Waals surface area (Å²) in [5, 5.41) is 15.7. The van der Waals surface area contributed by atoms with E-state index in [4.69, 9.17) is 4.98 Å². The summed E-state index contributed by atoms with van der Waals surface area (Å²) in [5.41, 5.74) is 3.57. The second-order valence-corrected chi connectivity index (χ2v) is 9.94. The number of carbonyl (C=O) groups is 2. The number of carbonyl (C=O) groups excluding carboxylic acids is 1. The van der Waals surface area contributed by atoms with Gasteiger partial charge in [-0.2, -0.15) is 0 Å². The average molecular weight is 466 g/mol. The lowest BCUT2D eigenvalue weighted by atomic mass is 9.99. The second-order valence-electron chi connectivity index (χ2n) is 9.94. The summed E-state index contributed by atoms with van der Waals surface area (Å²) >= 11 is 0. The molecule has 3 rings (SSSR count). The van der Waals surface area contributed by atoms with Crippen molar-refractivity contribution < 1.29 is 14.7 Å². The number of amides is 1. The van der Waals surface area contributed by atoms with Crippen LogP contribution in [0.3, 0.4) is 0 Å². The highest BCUT2D eigenvalue weighted by Crippen LogP contribution is 2.32. The largest absolute Gasteiger partial charge is 0.480 e. The molecular formula is C26H35N5O3. The number of carboxylic acids is 1. The fraction of sp³-hybridized carbons (Fsp3) is 0.423. The number of fused-ring (bicyclic) bond motifs is 1. The van der Waals surface area contributed by atoms with Crippen molar-refractivity contribution in [2.45, 2.75) is 52.6 Å². The molecule has 0 radical (unpaired) electrons. The highest BCUT2D eigenvalue weighted by molar-refractivity contribution is 5.97. The van der Waals surface area contributed by atoms with Crippen LogP contribution < -0.4 is 15.5 Å². The van der Waals surface area contributed by atoms with Crippen LogP contribution in [0.4, 0.5) is 11.5 Å². The molecule has 8 nitrogen and oxygen atoms in total. The molecule has 3 N–H and O–H groups in total. The monoisotopic (exact) mass is 465 g/mol. The first-order valence-electron chi connectivity index (χ1n) is 11.5. The maximum atomic E-state index is 12.9. The maximum Gasteiger partial charge on any atom is 0.326 e. The molecule has 1 aromatic carbocycles. The van der Waals surface area contributed by atoms with Gasteiger partial charge in [-0.1, -0.05) is 32.4 Å². The summed E-state index contributed by atoms with van der Waals surface area (Å²) in [5.74, 6) is -0.823. The Morgan fingerprint density at radius 1 is 1.15 bits per heavy atom. The molecule has 0 aliphatic heterocycles. The van der Waals surface area contributed by atoms with Gasteiger partial charge < -0.3 is 20.6 Å². The molecule has 0 spiro atoms. The molecule has 0 aliphatic carbocycles. The average Bonchev–Trinajstić information content (AvgIpc) is 3.12. The van der Waals surface area contributed by atoms with Gasteiger partial charge in [-0.25, -0.2) is 9.78 Å². The van der Waals surface area contributed by atoms with Crippen LogP contribution in [-0.4, -0.2) is 52.0 Å². The van der Waals surface area contributed by atoms with Gasteiger partial charge in [0.2, 0.25) is 0 Å². The van der Waals surface area contributed by atoms with E-state index in [2.05, 4.69) is 31.4 Å². The van der Waals surface area contributed by atoms with Gasteiger partial charge in [-0.15, -0.1) is 0 Å². The normalized spacial score (nSPS) is 13.4. The minimum Gasteiger partial charge on any atom is -0.480 e. The molecule has 0 fully saturated rings. The Morgan fingerprint density at radius 2 is 1.79 bits per heavy atom. The number of rotatable bonds is 8. The van der Waals surface area contributed by atoms with Gasteiger partial charge in [0, 0.05) is 42.6 Å². The first-order chi connectivity index (χ1) is 15.9. The van der Waals surface area contributed by atoms with Crippen molar-refractivity contribution in [3.63, 3.8) is 0 Å². The molecule has 0 aliphatic rings. The highest BCUT2D eigenvalue weighted by Gasteiger charge is 2.26. The number of benzene rings is 1. The Balaban J connectivity index is 2.04. The van der Waals surface area contributed by atoms with Gasteiger partial charge in [-0.3, -0.25) is 9.20 Å². The topological polar surface area (TPSA) is 99.0 Å². The van der Waals surface area contributed by atoms with E-state index < -0.39 is 17.9 Å².